The molecule has 12 nitrogen and oxygen atoms in total. The zero-order chi connectivity index (χ0) is 52.4. The molecule has 0 aliphatic carbocycles. The number of halogens is 1. The Hall–Kier alpha value is -10.1. The number of rotatable bonds is 8. The lowest BCUT2D eigenvalue weighted by Crippen LogP contribution is -2.02. The monoisotopic (exact) mass is 1100 g/mol. The molecule has 0 aliphatic rings. The fourth-order valence-corrected chi connectivity index (χ4v) is 9.74. The summed E-state index contributed by atoms with van der Waals surface area (Å²) in [5, 5.41) is 4.12. The molecule has 14 aromatic rings. The van der Waals surface area contributed by atoms with Crippen LogP contribution in [0.3, 0.4) is 0 Å². The van der Waals surface area contributed by atoms with Crippen LogP contribution in [-0.2, 0) is 0 Å². The van der Waals surface area contributed by atoms with Gasteiger partial charge in [0.25, 0.3) is 0 Å². The van der Waals surface area contributed by atoms with Gasteiger partial charge >= 0.3 is 0 Å². The Bertz CT molecular complexity index is 4110. The van der Waals surface area contributed by atoms with Crippen LogP contribution in [0.2, 0.25) is 0 Å². The highest BCUT2D eigenvalue weighted by Gasteiger charge is 2.16. The van der Waals surface area contributed by atoms with Crippen LogP contribution < -0.4 is 5.46 Å². The highest BCUT2D eigenvalue weighted by molar-refractivity contribution is 9.10. The molecule has 6 heterocycles. The second-order valence-corrected chi connectivity index (χ2v) is 19.4. The van der Waals surface area contributed by atoms with Crippen LogP contribution in [0.1, 0.15) is 0 Å². The molecule has 0 unspecified atom stereocenters. The van der Waals surface area contributed by atoms with Crippen LogP contribution in [0.25, 0.3) is 134 Å². The van der Waals surface area contributed by atoms with Gasteiger partial charge in [-0.05, 0) is 45.3 Å². The molecule has 80 heavy (non-hydrogen) atoms. The number of pyridine rings is 4. The second kappa shape index (κ2) is 22.8. The van der Waals surface area contributed by atoms with E-state index in [0.717, 1.165) is 104 Å². The van der Waals surface area contributed by atoms with Crippen molar-refractivity contribution in [3.63, 3.8) is 0 Å². The quantitative estimate of drug-likeness (QED) is 0.104. The lowest BCUT2D eigenvalue weighted by molar-refractivity contribution is 0.823. The molecule has 0 aliphatic heterocycles. The van der Waals surface area contributed by atoms with E-state index in [1.54, 1.807) is 6.20 Å². The lowest BCUT2D eigenvalue weighted by Gasteiger charge is -2.09. The molecule has 0 amide bonds. The third-order valence-electron chi connectivity index (χ3n) is 13.3. The van der Waals surface area contributed by atoms with Crippen LogP contribution in [0.5, 0.6) is 0 Å². The third kappa shape index (κ3) is 10.8. The summed E-state index contributed by atoms with van der Waals surface area (Å²) in [6, 6.07) is 73.0. The van der Waals surface area contributed by atoms with Crippen molar-refractivity contribution in [2.75, 3.05) is 0 Å². The van der Waals surface area contributed by atoms with E-state index in [-0.39, 0.29) is 11.0 Å². The predicted molar refractivity (Wildman–Crippen MR) is 325 cm³/mol. The van der Waals surface area contributed by atoms with E-state index in [1.165, 1.54) is 0 Å². The Morgan fingerprint density at radius 1 is 0.250 bits per heavy atom. The highest BCUT2D eigenvalue weighted by Crippen LogP contribution is 2.33. The minimum Gasteiger partial charge on any atom is -0.412 e. The van der Waals surface area contributed by atoms with Gasteiger partial charge in [0.05, 0.1) is 22.1 Å². The van der Waals surface area contributed by atoms with Crippen molar-refractivity contribution in [1.29, 1.82) is 0 Å². The molecular formula is C66H44BBrN10O2. The molecule has 14 heteroatoms. The van der Waals surface area contributed by atoms with Gasteiger partial charge in [-0.25, -0.2) is 29.9 Å². The van der Waals surface area contributed by atoms with Crippen molar-refractivity contribution in [2.24, 2.45) is 0 Å². The maximum atomic E-state index is 5.90. The minimum atomic E-state index is 0. The molecule has 0 saturated heterocycles. The standard InChI is InChI=1S/C33H20BN5.C33H20BrN5.2H2O/c2*34-28-18-26-16-15-25-17-27(19-35-29(25)30(26)36-20-28)21-11-13-24(14-12-21)33-38-31(22-7-3-1-4-8-22)37-32(39-33)23-9-5-2-6-10-23;;/h2*1-20H;2*1H2. The summed E-state index contributed by atoms with van der Waals surface area (Å²) < 4.78 is 0.955. The summed E-state index contributed by atoms with van der Waals surface area (Å²) in [7, 11) is 5.90. The summed E-state index contributed by atoms with van der Waals surface area (Å²) in [5.41, 5.74) is 14.0. The highest BCUT2D eigenvalue weighted by atomic mass is 79.9. The summed E-state index contributed by atoms with van der Waals surface area (Å²) in [6.45, 7) is 0. The number of fused-ring (bicyclic) bond motifs is 6. The average Bonchev–Trinajstić information content (AvgIpc) is 3.52. The zero-order valence-electron chi connectivity index (χ0n) is 42.5. The number of hydrogen-bond acceptors (Lipinski definition) is 10. The molecule has 8 aromatic carbocycles. The topological polar surface area (TPSA) is 192 Å². The molecule has 4 N–H and O–H groups in total. The van der Waals surface area contributed by atoms with E-state index in [2.05, 4.69) is 98.7 Å². The fourth-order valence-electron chi connectivity index (χ4n) is 9.39. The second-order valence-electron chi connectivity index (χ2n) is 18.5. The van der Waals surface area contributed by atoms with Gasteiger partial charge in [0.15, 0.2) is 34.9 Å². The summed E-state index contributed by atoms with van der Waals surface area (Å²) >= 11 is 3.50. The Labute approximate surface area is 469 Å². The summed E-state index contributed by atoms with van der Waals surface area (Å²) in [4.78, 5) is 47.5. The third-order valence-corrected chi connectivity index (χ3v) is 13.8. The van der Waals surface area contributed by atoms with Crippen molar-refractivity contribution in [3.05, 3.63) is 248 Å². The van der Waals surface area contributed by atoms with Crippen molar-refractivity contribution in [3.8, 4) is 90.6 Å². The number of aromatic nitrogens is 10. The maximum absolute atomic E-state index is 5.90. The van der Waals surface area contributed by atoms with Gasteiger partial charge in [-0.2, -0.15) is 0 Å². The largest absolute Gasteiger partial charge is 0.412 e. The van der Waals surface area contributed by atoms with Gasteiger partial charge in [0.2, 0.25) is 0 Å². The Kier molecular flexibility index (Phi) is 14.8. The van der Waals surface area contributed by atoms with Crippen molar-refractivity contribution in [2.45, 2.75) is 0 Å². The summed E-state index contributed by atoms with van der Waals surface area (Å²) in [6.07, 6.45) is 7.27. The molecule has 6 aromatic heterocycles. The van der Waals surface area contributed by atoms with Gasteiger partial charge in [-0.1, -0.05) is 206 Å². The van der Waals surface area contributed by atoms with E-state index in [9.17, 15) is 0 Å². The van der Waals surface area contributed by atoms with Crippen molar-refractivity contribution < 1.29 is 11.0 Å². The first-order chi connectivity index (χ1) is 38.4. The molecule has 14 rings (SSSR count). The number of benzene rings is 8. The Balaban J connectivity index is 0.000000165. The fraction of sp³-hybridized carbons (Fsp3) is 0. The molecule has 2 radical (unpaired) electrons. The molecule has 0 saturated carbocycles. The van der Waals surface area contributed by atoms with E-state index in [0.29, 0.717) is 40.4 Å². The van der Waals surface area contributed by atoms with Crippen molar-refractivity contribution >= 4 is 72.9 Å². The lowest BCUT2D eigenvalue weighted by atomic mass is 9.96. The molecule has 0 spiro atoms. The molecule has 0 atom stereocenters. The smallest absolute Gasteiger partial charge is 0.164 e. The van der Waals surface area contributed by atoms with Gasteiger partial charge < -0.3 is 11.0 Å². The molecule has 0 fully saturated rings. The number of nitrogens with zero attached hydrogens (tertiary/aromatic N) is 10. The first-order valence-electron chi connectivity index (χ1n) is 25.2. The zero-order valence-corrected chi connectivity index (χ0v) is 44.1. The van der Waals surface area contributed by atoms with Gasteiger partial charge in [0.1, 0.15) is 7.85 Å². The van der Waals surface area contributed by atoms with Crippen LogP contribution in [0.15, 0.2) is 248 Å². The van der Waals surface area contributed by atoms with Crippen molar-refractivity contribution in [1.82, 2.24) is 49.8 Å². The number of hydrogen-bond donors (Lipinski definition) is 0. The van der Waals surface area contributed by atoms with Crippen LogP contribution >= 0.6 is 15.9 Å². The Morgan fingerprint density at radius 3 is 0.850 bits per heavy atom. The van der Waals surface area contributed by atoms with E-state index in [1.807, 2.05) is 164 Å². The predicted octanol–water partition coefficient (Wildman–Crippen LogP) is 13.2. The van der Waals surface area contributed by atoms with Gasteiger partial charge in [-0.3, -0.25) is 19.9 Å². The van der Waals surface area contributed by atoms with Gasteiger partial charge in [-0.15, -0.1) is 0 Å². The normalized spacial score (nSPS) is 10.9. The van der Waals surface area contributed by atoms with Crippen LogP contribution in [0.4, 0.5) is 0 Å². The van der Waals surface area contributed by atoms with Gasteiger partial charge in [0, 0.05) is 95.3 Å². The van der Waals surface area contributed by atoms with E-state index >= 15 is 0 Å². The first-order valence-corrected chi connectivity index (χ1v) is 26.0. The minimum absolute atomic E-state index is 0. The molecule has 380 valence electrons. The summed E-state index contributed by atoms with van der Waals surface area (Å²) in [5.74, 6) is 3.84. The average molecular weight is 1100 g/mol. The SMILES string of the molecule is Brc1cnc2c(ccc3cc(-c4ccc(-c5nc(-c6ccccc6)nc(-c6ccccc6)n5)cc4)cnc32)c1.O.O.[B]c1cnc2c(ccc3cc(-c4ccc(-c5nc(-c6ccccc6)nc(-c6ccccc6)n5)cc4)cnc32)c1. The van der Waals surface area contributed by atoms with Crippen LogP contribution in [-0.4, -0.2) is 68.6 Å². The molecule has 0 bridgehead atoms. The molecular weight excluding hydrogens is 1060 g/mol. The van der Waals surface area contributed by atoms with E-state index in [4.69, 9.17) is 47.7 Å². The maximum Gasteiger partial charge on any atom is 0.164 e. The Morgan fingerprint density at radius 2 is 0.512 bits per heavy atom. The van der Waals surface area contributed by atoms with E-state index < -0.39 is 0 Å². The van der Waals surface area contributed by atoms with Crippen LogP contribution in [0, 0.1) is 0 Å². The first kappa shape index (κ1) is 52.0.